The minimum atomic E-state index is -0.0795. The molecule has 0 amide bonds. The number of allylic oxidation sites excluding steroid dienone is 1. The van der Waals surface area contributed by atoms with Crippen LogP contribution < -0.4 is 0 Å². The van der Waals surface area contributed by atoms with Gasteiger partial charge in [0.15, 0.2) is 0 Å². The number of hydrogen-bond donors (Lipinski definition) is 0. The average Bonchev–Trinajstić information content (AvgIpc) is 2.03. The lowest BCUT2D eigenvalue weighted by molar-refractivity contribution is 0.0524. The Morgan fingerprint density at radius 3 is 2.07 bits per heavy atom. The van der Waals surface area contributed by atoms with Gasteiger partial charge in [-0.3, -0.25) is 0 Å². The van der Waals surface area contributed by atoms with Crippen LogP contribution in [0.4, 0.5) is 0 Å². The molecule has 14 heavy (non-hydrogen) atoms. The Hall–Kier alpha value is -0.500. The summed E-state index contributed by atoms with van der Waals surface area (Å²) in [6, 6.07) is 0. The zero-order valence-corrected chi connectivity index (χ0v) is 10.6. The Morgan fingerprint density at radius 2 is 1.71 bits per heavy atom. The lowest BCUT2D eigenvalue weighted by Gasteiger charge is -2.22. The van der Waals surface area contributed by atoms with Crippen LogP contribution in [0.3, 0.4) is 0 Å². The summed E-state index contributed by atoms with van der Waals surface area (Å²) in [5, 5.41) is 0. The highest BCUT2D eigenvalue weighted by Gasteiger charge is 2.10. The molecule has 0 aliphatic heterocycles. The molecule has 0 aromatic rings. The van der Waals surface area contributed by atoms with Gasteiger partial charge in [0.25, 0.3) is 0 Å². The van der Waals surface area contributed by atoms with E-state index in [4.69, 9.17) is 4.74 Å². The molecular formula is C12H25NO. The average molecular weight is 199 g/mol. The first-order valence-electron chi connectivity index (χ1n) is 5.47. The Morgan fingerprint density at radius 1 is 1.21 bits per heavy atom. The van der Waals surface area contributed by atoms with E-state index in [9.17, 15) is 0 Å². The summed E-state index contributed by atoms with van der Waals surface area (Å²) < 4.78 is 5.71. The highest BCUT2D eigenvalue weighted by Crippen LogP contribution is 2.12. The maximum absolute atomic E-state index is 5.71. The number of ether oxygens (including phenoxy) is 1. The summed E-state index contributed by atoms with van der Waals surface area (Å²) in [4.78, 5) is 2.36. The van der Waals surface area contributed by atoms with E-state index in [1.165, 1.54) is 0 Å². The van der Waals surface area contributed by atoms with Gasteiger partial charge in [0.2, 0.25) is 0 Å². The zero-order valence-electron chi connectivity index (χ0n) is 10.6. The second-order valence-corrected chi connectivity index (χ2v) is 4.52. The molecule has 0 radical (unpaired) electrons. The fourth-order valence-corrected chi connectivity index (χ4v) is 1.26. The largest absolute Gasteiger partial charge is 0.493 e. The summed E-state index contributed by atoms with van der Waals surface area (Å²) >= 11 is 0. The summed E-state index contributed by atoms with van der Waals surface area (Å²) in [6.45, 7) is 15.8. The first kappa shape index (κ1) is 13.5. The quantitative estimate of drug-likeness (QED) is 0.631. The summed E-state index contributed by atoms with van der Waals surface area (Å²) in [6.07, 6.45) is 2.15. The molecule has 0 rings (SSSR count). The van der Waals surface area contributed by atoms with Gasteiger partial charge < -0.3 is 9.64 Å². The van der Waals surface area contributed by atoms with Crippen LogP contribution in [-0.4, -0.2) is 30.1 Å². The van der Waals surface area contributed by atoms with E-state index >= 15 is 0 Å². The van der Waals surface area contributed by atoms with Gasteiger partial charge in [-0.05, 0) is 46.9 Å². The first-order valence-corrected chi connectivity index (χ1v) is 5.47. The molecule has 0 bridgehead atoms. The van der Waals surface area contributed by atoms with Crippen molar-refractivity contribution in [3.63, 3.8) is 0 Å². The zero-order chi connectivity index (χ0) is 11.2. The number of rotatable bonds is 5. The molecule has 0 aliphatic rings. The van der Waals surface area contributed by atoms with Crippen LogP contribution >= 0.6 is 0 Å². The van der Waals surface area contributed by atoms with E-state index in [0.29, 0.717) is 0 Å². The van der Waals surface area contributed by atoms with Gasteiger partial charge in [-0.25, -0.2) is 0 Å². The van der Waals surface area contributed by atoms with Crippen LogP contribution in [0.2, 0.25) is 0 Å². The third-order valence-corrected chi connectivity index (χ3v) is 2.00. The van der Waals surface area contributed by atoms with Gasteiger partial charge >= 0.3 is 0 Å². The standard InChI is InChI=1S/C12H25NO/c1-7-13(8-2)10-9-11(3)14-12(4,5)6/h9H,7-8,10H2,1-6H3/b11-9-. The third kappa shape index (κ3) is 6.96. The Balaban J connectivity index is 3.99. The summed E-state index contributed by atoms with van der Waals surface area (Å²) in [5.74, 6) is 1.02. The molecule has 0 spiro atoms. The Labute approximate surface area is 88.9 Å². The second kappa shape index (κ2) is 6.07. The Kier molecular flexibility index (Phi) is 5.86. The molecule has 84 valence electrons. The van der Waals surface area contributed by atoms with Gasteiger partial charge in [-0.1, -0.05) is 13.8 Å². The summed E-state index contributed by atoms with van der Waals surface area (Å²) in [5.41, 5.74) is -0.0795. The van der Waals surface area contributed by atoms with Crippen molar-refractivity contribution in [1.82, 2.24) is 4.90 Å². The van der Waals surface area contributed by atoms with Crippen molar-refractivity contribution < 1.29 is 4.74 Å². The van der Waals surface area contributed by atoms with E-state index in [2.05, 4.69) is 45.6 Å². The lowest BCUT2D eigenvalue weighted by Crippen LogP contribution is -2.24. The fourth-order valence-electron chi connectivity index (χ4n) is 1.26. The highest BCUT2D eigenvalue weighted by molar-refractivity contribution is 4.92. The maximum Gasteiger partial charge on any atom is 0.100 e. The second-order valence-electron chi connectivity index (χ2n) is 4.52. The van der Waals surface area contributed by atoms with Crippen molar-refractivity contribution in [1.29, 1.82) is 0 Å². The molecule has 0 atom stereocenters. The number of nitrogens with zero attached hydrogens (tertiary/aromatic N) is 1. The van der Waals surface area contributed by atoms with Crippen LogP contribution in [0.15, 0.2) is 11.8 Å². The normalized spacial score (nSPS) is 13.5. The van der Waals surface area contributed by atoms with E-state index < -0.39 is 0 Å². The predicted molar refractivity (Wildman–Crippen MR) is 62.4 cm³/mol. The van der Waals surface area contributed by atoms with E-state index in [1.54, 1.807) is 0 Å². The van der Waals surface area contributed by atoms with Crippen LogP contribution in [0.25, 0.3) is 0 Å². The lowest BCUT2D eigenvalue weighted by atomic mass is 10.2. The molecule has 2 nitrogen and oxygen atoms in total. The van der Waals surface area contributed by atoms with Crippen LogP contribution in [0.5, 0.6) is 0 Å². The molecule has 0 aliphatic carbocycles. The van der Waals surface area contributed by atoms with E-state index in [-0.39, 0.29) is 5.60 Å². The van der Waals surface area contributed by atoms with E-state index in [1.807, 2.05) is 6.92 Å². The van der Waals surface area contributed by atoms with Crippen LogP contribution in [0.1, 0.15) is 41.5 Å². The minimum Gasteiger partial charge on any atom is -0.493 e. The molecule has 0 saturated carbocycles. The molecule has 0 aromatic carbocycles. The maximum atomic E-state index is 5.71. The Bertz CT molecular complexity index is 175. The fraction of sp³-hybridized carbons (Fsp3) is 0.833. The third-order valence-electron chi connectivity index (χ3n) is 2.00. The van der Waals surface area contributed by atoms with Crippen LogP contribution in [-0.2, 0) is 4.74 Å². The predicted octanol–water partition coefficient (Wildman–Crippen LogP) is 3.05. The molecular weight excluding hydrogens is 174 g/mol. The molecule has 0 fully saturated rings. The topological polar surface area (TPSA) is 12.5 Å². The van der Waals surface area contributed by atoms with Gasteiger partial charge in [-0.2, -0.15) is 0 Å². The summed E-state index contributed by atoms with van der Waals surface area (Å²) in [7, 11) is 0. The number of hydrogen-bond acceptors (Lipinski definition) is 2. The molecule has 0 saturated heterocycles. The first-order chi connectivity index (χ1) is 6.39. The molecule has 2 heteroatoms. The van der Waals surface area contributed by atoms with Crippen molar-refractivity contribution in [2.45, 2.75) is 47.1 Å². The SMILES string of the molecule is CCN(CC)C/C=C(/C)OC(C)(C)C. The van der Waals surface area contributed by atoms with Crippen molar-refractivity contribution >= 4 is 0 Å². The number of likely N-dealkylation sites (N-methyl/N-ethyl adjacent to an activating group) is 1. The highest BCUT2D eigenvalue weighted by atomic mass is 16.5. The van der Waals surface area contributed by atoms with Gasteiger partial charge in [0, 0.05) is 6.54 Å². The molecule has 0 heterocycles. The molecule has 0 aromatic heterocycles. The van der Waals surface area contributed by atoms with Gasteiger partial charge in [0.05, 0.1) is 5.76 Å². The monoisotopic (exact) mass is 199 g/mol. The van der Waals surface area contributed by atoms with Crippen LogP contribution in [0, 0.1) is 0 Å². The molecule has 0 unspecified atom stereocenters. The van der Waals surface area contributed by atoms with Gasteiger partial charge in [-0.15, -0.1) is 0 Å². The molecule has 0 N–H and O–H groups in total. The van der Waals surface area contributed by atoms with E-state index in [0.717, 1.165) is 25.4 Å². The van der Waals surface area contributed by atoms with Crippen molar-refractivity contribution in [2.75, 3.05) is 19.6 Å². The van der Waals surface area contributed by atoms with Crippen molar-refractivity contribution in [3.8, 4) is 0 Å². The van der Waals surface area contributed by atoms with Crippen molar-refractivity contribution in [2.24, 2.45) is 0 Å². The van der Waals surface area contributed by atoms with Gasteiger partial charge in [0.1, 0.15) is 5.60 Å². The minimum absolute atomic E-state index is 0.0795. The smallest absolute Gasteiger partial charge is 0.100 e. The van der Waals surface area contributed by atoms with Crippen molar-refractivity contribution in [3.05, 3.63) is 11.8 Å².